The van der Waals surface area contributed by atoms with Crippen molar-refractivity contribution in [3.63, 3.8) is 0 Å². The second-order valence-corrected chi connectivity index (χ2v) is 9.70. The SMILES string of the molecule is CC(NC(=O)c1cccc([N+](=O)[O-])c1)C(=O)Nc1cccc(S(=O)(=O)C2CCCC2)c1. The molecule has 0 radical (unpaired) electrons. The molecule has 31 heavy (non-hydrogen) atoms. The Morgan fingerprint density at radius 2 is 1.77 bits per heavy atom. The largest absolute Gasteiger partial charge is 0.341 e. The van der Waals surface area contributed by atoms with E-state index in [4.69, 9.17) is 0 Å². The Morgan fingerprint density at radius 3 is 2.45 bits per heavy atom. The van der Waals surface area contributed by atoms with Crippen molar-refractivity contribution in [1.82, 2.24) is 5.32 Å². The molecule has 2 amide bonds. The molecule has 9 nitrogen and oxygen atoms in total. The first-order valence-electron chi connectivity index (χ1n) is 9.88. The summed E-state index contributed by atoms with van der Waals surface area (Å²) in [5.41, 5.74) is 0.129. The predicted octanol–water partition coefficient (Wildman–Crippen LogP) is 3.07. The van der Waals surface area contributed by atoms with E-state index in [0.29, 0.717) is 18.5 Å². The molecule has 0 bridgehead atoms. The molecule has 2 aromatic carbocycles. The molecule has 1 atom stereocenters. The summed E-state index contributed by atoms with van der Waals surface area (Å²) in [6.45, 7) is 1.46. The Bertz CT molecular complexity index is 1110. The lowest BCUT2D eigenvalue weighted by atomic mass is 10.1. The Kier molecular flexibility index (Phi) is 6.69. The maximum Gasteiger partial charge on any atom is 0.270 e. The van der Waals surface area contributed by atoms with Crippen LogP contribution in [-0.4, -0.2) is 36.4 Å². The van der Waals surface area contributed by atoms with Crippen molar-refractivity contribution in [2.45, 2.75) is 48.8 Å². The molecule has 3 rings (SSSR count). The number of nitro benzene ring substituents is 1. The number of anilines is 1. The van der Waals surface area contributed by atoms with E-state index < -0.39 is 37.9 Å². The molecule has 1 aliphatic rings. The molecule has 1 aliphatic carbocycles. The predicted molar refractivity (Wildman–Crippen MR) is 115 cm³/mol. The van der Waals surface area contributed by atoms with Gasteiger partial charge in [-0.05, 0) is 44.0 Å². The average Bonchev–Trinajstić information content (AvgIpc) is 3.29. The van der Waals surface area contributed by atoms with Crippen molar-refractivity contribution < 1.29 is 22.9 Å². The molecule has 0 spiro atoms. The van der Waals surface area contributed by atoms with Crippen LogP contribution in [0.15, 0.2) is 53.4 Å². The highest BCUT2D eigenvalue weighted by Crippen LogP contribution is 2.30. The van der Waals surface area contributed by atoms with Gasteiger partial charge in [-0.1, -0.05) is 25.0 Å². The molecular formula is C21H23N3O6S. The van der Waals surface area contributed by atoms with Crippen molar-refractivity contribution in [2.75, 3.05) is 5.32 Å². The third kappa shape index (κ3) is 5.26. The second-order valence-electron chi connectivity index (χ2n) is 7.47. The lowest BCUT2D eigenvalue weighted by Crippen LogP contribution is -2.41. The van der Waals surface area contributed by atoms with Gasteiger partial charge in [0.05, 0.1) is 15.1 Å². The van der Waals surface area contributed by atoms with Gasteiger partial charge in [0, 0.05) is 23.4 Å². The average molecular weight is 445 g/mol. The highest BCUT2D eigenvalue weighted by atomic mass is 32.2. The highest BCUT2D eigenvalue weighted by Gasteiger charge is 2.30. The van der Waals surface area contributed by atoms with Crippen LogP contribution in [0.4, 0.5) is 11.4 Å². The molecule has 0 heterocycles. The summed E-state index contributed by atoms with van der Waals surface area (Å²) in [5, 5.41) is 15.5. The van der Waals surface area contributed by atoms with Gasteiger partial charge >= 0.3 is 0 Å². The van der Waals surface area contributed by atoms with E-state index in [9.17, 15) is 28.1 Å². The molecule has 0 aliphatic heterocycles. The summed E-state index contributed by atoms with van der Waals surface area (Å²) in [7, 11) is -3.46. The molecule has 1 unspecified atom stereocenters. The van der Waals surface area contributed by atoms with Crippen LogP contribution >= 0.6 is 0 Å². The van der Waals surface area contributed by atoms with E-state index in [2.05, 4.69) is 10.6 Å². The first-order valence-corrected chi connectivity index (χ1v) is 11.4. The summed E-state index contributed by atoms with van der Waals surface area (Å²) in [6, 6.07) is 10.3. The standard InChI is InChI=1S/C21H23N3O6S/c1-14(22-21(26)15-6-4-8-17(12-15)24(27)28)20(25)23-16-7-5-11-19(13-16)31(29,30)18-9-2-3-10-18/h4-8,11-14,18H,2-3,9-10H2,1H3,(H,22,26)(H,23,25). The highest BCUT2D eigenvalue weighted by molar-refractivity contribution is 7.92. The van der Waals surface area contributed by atoms with Crippen LogP contribution in [0.2, 0.25) is 0 Å². The van der Waals surface area contributed by atoms with Crippen LogP contribution in [0.1, 0.15) is 43.0 Å². The summed E-state index contributed by atoms with van der Waals surface area (Å²) >= 11 is 0. The smallest absolute Gasteiger partial charge is 0.270 e. The van der Waals surface area contributed by atoms with Gasteiger partial charge in [0.25, 0.3) is 11.6 Å². The first-order chi connectivity index (χ1) is 14.7. The first kappa shape index (κ1) is 22.4. The second kappa shape index (κ2) is 9.25. The van der Waals surface area contributed by atoms with Gasteiger partial charge in [-0.2, -0.15) is 0 Å². The van der Waals surface area contributed by atoms with E-state index in [1.54, 1.807) is 12.1 Å². The fraction of sp³-hybridized carbons (Fsp3) is 0.333. The van der Waals surface area contributed by atoms with Crippen LogP contribution in [0.25, 0.3) is 0 Å². The molecule has 0 aromatic heterocycles. The van der Waals surface area contributed by atoms with Gasteiger partial charge in [-0.3, -0.25) is 19.7 Å². The van der Waals surface area contributed by atoms with Gasteiger partial charge in [0.1, 0.15) is 6.04 Å². The van der Waals surface area contributed by atoms with Gasteiger partial charge in [0.15, 0.2) is 9.84 Å². The van der Waals surface area contributed by atoms with Crippen LogP contribution in [0.3, 0.4) is 0 Å². The van der Waals surface area contributed by atoms with Gasteiger partial charge in [-0.15, -0.1) is 0 Å². The molecular weight excluding hydrogens is 422 g/mol. The van der Waals surface area contributed by atoms with Crippen molar-refractivity contribution in [3.8, 4) is 0 Å². The fourth-order valence-corrected chi connectivity index (χ4v) is 5.40. The fourth-order valence-electron chi connectivity index (χ4n) is 3.50. The Labute approximate surface area is 179 Å². The van der Waals surface area contributed by atoms with Crippen LogP contribution in [0.5, 0.6) is 0 Å². The van der Waals surface area contributed by atoms with Crippen LogP contribution < -0.4 is 10.6 Å². The zero-order valence-electron chi connectivity index (χ0n) is 16.9. The van der Waals surface area contributed by atoms with E-state index in [1.165, 1.54) is 37.3 Å². The van der Waals surface area contributed by atoms with Gasteiger partial charge in [-0.25, -0.2) is 8.42 Å². The number of hydrogen-bond acceptors (Lipinski definition) is 6. The molecule has 2 N–H and O–H groups in total. The quantitative estimate of drug-likeness (QED) is 0.497. The molecule has 164 valence electrons. The number of amides is 2. The van der Waals surface area contributed by atoms with Crippen molar-refractivity contribution >= 4 is 33.0 Å². The van der Waals surface area contributed by atoms with Crippen molar-refractivity contribution in [3.05, 3.63) is 64.2 Å². The number of carbonyl (C=O) groups excluding carboxylic acids is 2. The topological polar surface area (TPSA) is 135 Å². The number of benzene rings is 2. The number of nitrogens with zero attached hydrogens (tertiary/aromatic N) is 1. The van der Waals surface area contributed by atoms with Crippen LogP contribution in [0, 0.1) is 10.1 Å². The summed E-state index contributed by atoms with van der Waals surface area (Å²) < 4.78 is 25.5. The third-order valence-electron chi connectivity index (χ3n) is 5.23. The minimum Gasteiger partial charge on any atom is -0.341 e. The number of non-ortho nitro benzene ring substituents is 1. The number of sulfone groups is 1. The Hall–Kier alpha value is -3.27. The lowest BCUT2D eigenvalue weighted by Gasteiger charge is -2.16. The molecule has 1 fully saturated rings. The van der Waals surface area contributed by atoms with Crippen LogP contribution in [-0.2, 0) is 14.6 Å². The monoisotopic (exact) mass is 445 g/mol. The van der Waals surface area contributed by atoms with Gasteiger partial charge in [0.2, 0.25) is 5.91 Å². The van der Waals surface area contributed by atoms with Crippen molar-refractivity contribution in [1.29, 1.82) is 0 Å². The molecule has 10 heteroatoms. The van der Waals surface area contributed by atoms with E-state index >= 15 is 0 Å². The molecule has 0 saturated heterocycles. The molecule has 2 aromatic rings. The normalized spacial score (nSPS) is 15.3. The number of nitro groups is 1. The number of hydrogen-bond donors (Lipinski definition) is 2. The minimum absolute atomic E-state index is 0.0542. The Balaban J connectivity index is 1.66. The third-order valence-corrected chi connectivity index (χ3v) is 7.49. The summed E-state index contributed by atoms with van der Waals surface area (Å²) in [5.74, 6) is -1.18. The Morgan fingerprint density at radius 1 is 1.10 bits per heavy atom. The summed E-state index contributed by atoms with van der Waals surface area (Å²) in [6.07, 6.45) is 3.06. The molecule has 1 saturated carbocycles. The lowest BCUT2D eigenvalue weighted by molar-refractivity contribution is -0.384. The number of carbonyl (C=O) groups is 2. The zero-order chi connectivity index (χ0) is 22.6. The maximum atomic E-state index is 12.8. The minimum atomic E-state index is -3.46. The summed E-state index contributed by atoms with van der Waals surface area (Å²) in [4.78, 5) is 35.2. The maximum absolute atomic E-state index is 12.8. The zero-order valence-corrected chi connectivity index (χ0v) is 17.7. The van der Waals surface area contributed by atoms with Gasteiger partial charge < -0.3 is 10.6 Å². The van der Waals surface area contributed by atoms with E-state index in [-0.39, 0.29) is 16.1 Å². The van der Waals surface area contributed by atoms with E-state index in [1.807, 2.05) is 0 Å². The number of rotatable bonds is 7. The van der Waals surface area contributed by atoms with E-state index in [0.717, 1.165) is 18.9 Å². The van der Waals surface area contributed by atoms with Crippen molar-refractivity contribution in [2.24, 2.45) is 0 Å². The number of nitrogens with one attached hydrogen (secondary N) is 2.